The number of aromatic nitrogens is 4. The summed E-state index contributed by atoms with van der Waals surface area (Å²) >= 11 is 3.41. The number of hydrogen-bond acceptors (Lipinski definition) is 3. The van der Waals surface area contributed by atoms with Crippen molar-refractivity contribution in [1.29, 1.82) is 0 Å². The highest BCUT2D eigenvalue weighted by Gasteiger charge is 2.15. The smallest absolute Gasteiger partial charge is 0.148 e. The minimum absolute atomic E-state index is 0.337. The van der Waals surface area contributed by atoms with Crippen molar-refractivity contribution in [3.63, 3.8) is 0 Å². The SMILES string of the molecule is Fc1ccccc1-n1ncc(Br)c1-c1cncnc1. The largest absolute Gasteiger partial charge is 0.244 e. The molecule has 0 spiro atoms. The molecule has 4 nitrogen and oxygen atoms in total. The van der Waals surface area contributed by atoms with Gasteiger partial charge in [-0.15, -0.1) is 0 Å². The summed E-state index contributed by atoms with van der Waals surface area (Å²) in [7, 11) is 0. The second-order valence-electron chi connectivity index (χ2n) is 3.83. The van der Waals surface area contributed by atoms with Crippen LogP contribution in [0.2, 0.25) is 0 Å². The summed E-state index contributed by atoms with van der Waals surface area (Å²) in [6, 6.07) is 6.47. The minimum atomic E-state index is -0.337. The van der Waals surface area contributed by atoms with Crippen molar-refractivity contribution in [2.24, 2.45) is 0 Å². The highest BCUT2D eigenvalue weighted by atomic mass is 79.9. The normalized spacial score (nSPS) is 10.6. The third-order valence-electron chi connectivity index (χ3n) is 2.64. The van der Waals surface area contributed by atoms with Gasteiger partial charge in [-0.25, -0.2) is 19.0 Å². The lowest BCUT2D eigenvalue weighted by Crippen LogP contribution is -2.02. The zero-order chi connectivity index (χ0) is 13.2. The molecule has 3 rings (SSSR count). The third-order valence-corrected chi connectivity index (χ3v) is 3.22. The van der Waals surface area contributed by atoms with Gasteiger partial charge in [0.1, 0.15) is 17.8 Å². The maximum atomic E-state index is 13.9. The molecular weight excluding hydrogens is 311 g/mol. The van der Waals surface area contributed by atoms with Gasteiger partial charge in [-0.05, 0) is 28.1 Å². The van der Waals surface area contributed by atoms with Gasteiger partial charge in [0.2, 0.25) is 0 Å². The van der Waals surface area contributed by atoms with E-state index in [9.17, 15) is 4.39 Å². The van der Waals surface area contributed by atoms with Gasteiger partial charge in [0.05, 0.1) is 16.4 Å². The summed E-state index contributed by atoms with van der Waals surface area (Å²) in [6.45, 7) is 0. The monoisotopic (exact) mass is 318 g/mol. The van der Waals surface area contributed by atoms with Gasteiger partial charge in [0.15, 0.2) is 0 Å². The van der Waals surface area contributed by atoms with Gasteiger partial charge in [-0.3, -0.25) is 0 Å². The fourth-order valence-electron chi connectivity index (χ4n) is 1.82. The number of halogens is 2. The molecule has 0 unspecified atom stereocenters. The van der Waals surface area contributed by atoms with Crippen LogP contribution < -0.4 is 0 Å². The van der Waals surface area contributed by atoms with E-state index in [0.717, 1.165) is 10.0 Å². The van der Waals surface area contributed by atoms with E-state index in [2.05, 4.69) is 31.0 Å². The van der Waals surface area contributed by atoms with Gasteiger partial charge >= 0.3 is 0 Å². The lowest BCUT2D eigenvalue weighted by molar-refractivity contribution is 0.611. The summed E-state index contributed by atoms with van der Waals surface area (Å²) in [4.78, 5) is 7.94. The lowest BCUT2D eigenvalue weighted by atomic mass is 10.2. The molecule has 3 aromatic rings. The Kier molecular flexibility index (Phi) is 3.08. The van der Waals surface area contributed by atoms with Gasteiger partial charge in [0.25, 0.3) is 0 Å². The summed E-state index contributed by atoms with van der Waals surface area (Å²) in [5.41, 5.74) is 1.85. The number of nitrogens with zero attached hydrogens (tertiary/aromatic N) is 4. The van der Waals surface area contributed by atoms with Crippen LogP contribution in [-0.4, -0.2) is 19.7 Å². The molecule has 0 bridgehead atoms. The molecule has 6 heteroatoms. The van der Waals surface area contributed by atoms with Gasteiger partial charge in [-0.1, -0.05) is 12.1 Å². The molecule has 0 aliphatic rings. The molecule has 2 heterocycles. The maximum absolute atomic E-state index is 13.9. The van der Waals surface area contributed by atoms with E-state index in [1.807, 2.05) is 0 Å². The molecule has 94 valence electrons. The van der Waals surface area contributed by atoms with Gasteiger partial charge < -0.3 is 0 Å². The Morgan fingerprint density at radius 1 is 1.05 bits per heavy atom. The zero-order valence-electron chi connectivity index (χ0n) is 9.66. The second kappa shape index (κ2) is 4.89. The van der Waals surface area contributed by atoms with Gasteiger partial charge in [0, 0.05) is 18.0 Å². The van der Waals surface area contributed by atoms with Crippen molar-refractivity contribution in [2.45, 2.75) is 0 Å². The van der Waals surface area contributed by atoms with Crippen molar-refractivity contribution in [3.8, 4) is 16.9 Å². The molecule has 2 aromatic heterocycles. The fraction of sp³-hybridized carbons (Fsp3) is 0. The number of hydrogen-bond donors (Lipinski definition) is 0. The van der Waals surface area contributed by atoms with Gasteiger partial charge in [-0.2, -0.15) is 5.10 Å². The first-order valence-electron chi connectivity index (χ1n) is 5.51. The average Bonchev–Trinajstić information content (AvgIpc) is 2.82. The van der Waals surface area contributed by atoms with E-state index in [1.165, 1.54) is 17.1 Å². The highest BCUT2D eigenvalue weighted by molar-refractivity contribution is 9.10. The molecule has 0 atom stereocenters. The van der Waals surface area contributed by atoms with Crippen molar-refractivity contribution < 1.29 is 4.39 Å². The molecule has 0 N–H and O–H groups in total. The summed E-state index contributed by atoms with van der Waals surface area (Å²) < 4.78 is 16.2. The van der Waals surface area contributed by atoms with Crippen LogP contribution in [0, 0.1) is 5.82 Å². The Balaban J connectivity index is 2.23. The molecule has 0 amide bonds. The zero-order valence-corrected chi connectivity index (χ0v) is 11.2. The highest BCUT2D eigenvalue weighted by Crippen LogP contribution is 2.30. The maximum Gasteiger partial charge on any atom is 0.148 e. The Labute approximate surface area is 117 Å². The van der Waals surface area contributed by atoms with Crippen LogP contribution >= 0.6 is 15.9 Å². The number of rotatable bonds is 2. The molecular formula is C13H8BrFN4. The van der Waals surface area contributed by atoms with Crippen LogP contribution in [0.5, 0.6) is 0 Å². The van der Waals surface area contributed by atoms with Crippen molar-refractivity contribution in [2.75, 3.05) is 0 Å². The first kappa shape index (κ1) is 12.0. The van der Waals surface area contributed by atoms with Crippen LogP contribution in [0.4, 0.5) is 4.39 Å². The predicted octanol–water partition coefficient (Wildman–Crippen LogP) is 3.23. The third kappa shape index (κ3) is 2.15. The van der Waals surface area contributed by atoms with E-state index in [1.54, 1.807) is 36.8 Å². The lowest BCUT2D eigenvalue weighted by Gasteiger charge is -2.08. The van der Waals surface area contributed by atoms with E-state index in [4.69, 9.17) is 0 Å². The van der Waals surface area contributed by atoms with E-state index >= 15 is 0 Å². The quantitative estimate of drug-likeness (QED) is 0.728. The Hall–Kier alpha value is -2.08. The van der Waals surface area contributed by atoms with Crippen molar-refractivity contribution in [1.82, 2.24) is 19.7 Å². The first-order chi connectivity index (χ1) is 9.27. The van der Waals surface area contributed by atoms with Crippen LogP contribution in [0.1, 0.15) is 0 Å². The minimum Gasteiger partial charge on any atom is -0.244 e. The Bertz CT molecular complexity index is 712. The molecule has 0 radical (unpaired) electrons. The van der Waals surface area contributed by atoms with Crippen molar-refractivity contribution >= 4 is 15.9 Å². The van der Waals surface area contributed by atoms with Crippen molar-refractivity contribution in [3.05, 3.63) is 59.5 Å². The van der Waals surface area contributed by atoms with Crippen LogP contribution in [-0.2, 0) is 0 Å². The average molecular weight is 319 g/mol. The predicted molar refractivity (Wildman–Crippen MR) is 72.2 cm³/mol. The van der Waals surface area contributed by atoms with Crippen LogP contribution in [0.25, 0.3) is 16.9 Å². The molecule has 1 aromatic carbocycles. The Morgan fingerprint density at radius 3 is 2.53 bits per heavy atom. The molecule has 19 heavy (non-hydrogen) atoms. The Morgan fingerprint density at radius 2 is 1.79 bits per heavy atom. The first-order valence-corrected chi connectivity index (χ1v) is 6.30. The molecule has 0 fully saturated rings. The van der Waals surface area contributed by atoms with E-state index in [-0.39, 0.29) is 5.82 Å². The van der Waals surface area contributed by atoms with E-state index in [0.29, 0.717) is 11.4 Å². The molecule has 0 aliphatic heterocycles. The fourth-order valence-corrected chi connectivity index (χ4v) is 2.30. The molecule has 0 saturated heterocycles. The summed E-state index contributed by atoms with van der Waals surface area (Å²) in [5.74, 6) is -0.337. The standard InChI is InChI=1S/C13H8BrFN4/c14-10-7-18-19(12-4-2-1-3-11(12)15)13(10)9-5-16-8-17-6-9/h1-8H. The summed E-state index contributed by atoms with van der Waals surface area (Å²) in [6.07, 6.45) is 6.38. The second-order valence-corrected chi connectivity index (χ2v) is 4.69. The van der Waals surface area contributed by atoms with Crippen LogP contribution in [0.3, 0.4) is 0 Å². The van der Waals surface area contributed by atoms with Crippen LogP contribution in [0.15, 0.2) is 53.7 Å². The number of benzene rings is 1. The number of para-hydroxylation sites is 1. The van der Waals surface area contributed by atoms with E-state index < -0.39 is 0 Å². The topological polar surface area (TPSA) is 43.6 Å². The molecule has 0 aliphatic carbocycles. The summed E-state index contributed by atoms with van der Waals surface area (Å²) in [5, 5.41) is 4.20. The molecule has 0 saturated carbocycles.